The van der Waals surface area contributed by atoms with Crippen LogP contribution in [0.25, 0.3) is 0 Å². The summed E-state index contributed by atoms with van der Waals surface area (Å²) in [6.45, 7) is 6.75. The molecule has 0 heterocycles. The summed E-state index contributed by atoms with van der Waals surface area (Å²) in [7, 11) is 0. The maximum atomic E-state index is 9.87. The van der Waals surface area contributed by atoms with E-state index < -0.39 is 0 Å². The second kappa shape index (κ2) is 8.25. The summed E-state index contributed by atoms with van der Waals surface area (Å²) in [4.78, 5) is 0. The predicted octanol–water partition coefficient (Wildman–Crippen LogP) is 2.58. The predicted molar refractivity (Wildman–Crippen MR) is 60.2 cm³/mol. The Labute approximate surface area is 88.3 Å². The normalized spacial score (nSPS) is 17.8. The summed E-state index contributed by atoms with van der Waals surface area (Å²) in [6, 6.07) is 0. The maximum Gasteiger partial charge on any atom is 0.0569 e. The second-order valence-electron chi connectivity index (χ2n) is 4.35. The summed E-state index contributed by atoms with van der Waals surface area (Å²) < 4.78 is 0. The van der Waals surface area contributed by atoms with E-state index in [1.807, 2.05) is 0 Å². The van der Waals surface area contributed by atoms with E-state index in [4.69, 9.17) is 5.11 Å². The van der Waals surface area contributed by atoms with Gasteiger partial charge < -0.3 is 10.2 Å². The summed E-state index contributed by atoms with van der Waals surface area (Å²) in [6.07, 6.45) is 4.57. The Bertz CT molecular complexity index is 125. The highest BCUT2D eigenvalue weighted by Crippen LogP contribution is 2.23. The van der Waals surface area contributed by atoms with Crippen LogP contribution in [0.3, 0.4) is 0 Å². The highest BCUT2D eigenvalue weighted by Gasteiger charge is 2.18. The third-order valence-corrected chi connectivity index (χ3v) is 3.13. The Morgan fingerprint density at radius 2 is 1.79 bits per heavy atom. The lowest BCUT2D eigenvalue weighted by molar-refractivity contribution is 0.0754. The number of aliphatic hydroxyl groups excluding tert-OH is 2. The maximum absolute atomic E-state index is 9.87. The van der Waals surface area contributed by atoms with Gasteiger partial charge in [0.2, 0.25) is 0 Å². The van der Waals surface area contributed by atoms with E-state index in [2.05, 4.69) is 20.8 Å². The third kappa shape index (κ3) is 5.61. The van der Waals surface area contributed by atoms with Crippen LogP contribution in [0, 0.1) is 11.8 Å². The van der Waals surface area contributed by atoms with Crippen LogP contribution < -0.4 is 0 Å². The fourth-order valence-corrected chi connectivity index (χ4v) is 1.82. The van der Waals surface area contributed by atoms with Crippen LogP contribution in [0.2, 0.25) is 0 Å². The van der Waals surface area contributed by atoms with Crippen LogP contribution in [0.4, 0.5) is 0 Å². The molecule has 0 aromatic carbocycles. The molecule has 0 aliphatic rings. The van der Waals surface area contributed by atoms with Crippen LogP contribution >= 0.6 is 0 Å². The molecule has 3 atom stereocenters. The van der Waals surface area contributed by atoms with Crippen LogP contribution in [0.5, 0.6) is 0 Å². The molecule has 0 aromatic heterocycles. The van der Waals surface area contributed by atoms with Gasteiger partial charge in [0.25, 0.3) is 0 Å². The van der Waals surface area contributed by atoms with Gasteiger partial charge in [0.1, 0.15) is 0 Å². The standard InChI is InChI=1S/C12H26O2/c1-4-10(3)9-11(5-2)12(14)7-6-8-13/h10-14H,4-9H2,1-3H3. The van der Waals surface area contributed by atoms with Crippen molar-refractivity contribution in [2.24, 2.45) is 11.8 Å². The van der Waals surface area contributed by atoms with Gasteiger partial charge in [-0.05, 0) is 31.1 Å². The molecule has 2 heteroatoms. The molecule has 2 nitrogen and oxygen atoms in total. The second-order valence-corrected chi connectivity index (χ2v) is 4.35. The van der Waals surface area contributed by atoms with E-state index >= 15 is 0 Å². The van der Waals surface area contributed by atoms with Crippen molar-refractivity contribution < 1.29 is 10.2 Å². The van der Waals surface area contributed by atoms with E-state index in [-0.39, 0.29) is 12.7 Å². The molecule has 2 N–H and O–H groups in total. The van der Waals surface area contributed by atoms with Crippen molar-refractivity contribution in [1.29, 1.82) is 0 Å². The minimum atomic E-state index is -0.221. The van der Waals surface area contributed by atoms with Gasteiger partial charge in [0.05, 0.1) is 6.10 Å². The van der Waals surface area contributed by atoms with Crippen LogP contribution in [-0.4, -0.2) is 22.9 Å². The molecule has 0 rings (SSSR count). The zero-order valence-corrected chi connectivity index (χ0v) is 9.87. The average Bonchev–Trinajstić information content (AvgIpc) is 2.21. The van der Waals surface area contributed by atoms with Crippen LogP contribution in [0.1, 0.15) is 52.9 Å². The molecular weight excluding hydrogens is 176 g/mol. The minimum absolute atomic E-state index is 0.191. The summed E-state index contributed by atoms with van der Waals surface area (Å²) >= 11 is 0. The third-order valence-electron chi connectivity index (χ3n) is 3.13. The molecule has 0 aliphatic heterocycles. The van der Waals surface area contributed by atoms with E-state index in [9.17, 15) is 5.11 Å². The number of hydrogen-bond acceptors (Lipinski definition) is 2. The fourth-order valence-electron chi connectivity index (χ4n) is 1.82. The molecular formula is C12H26O2. The quantitative estimate of drug-likeness (QED) is 0.635. The van der Waals surface area contributed by atoms with E-state index in [0.29, 0.717) is 11.8 Å². The molecule has 0 spiro atoms. The van der Waals surface area contributed by atoms with Gasteiger partial charge in [-0.25, -0.2) is 0 Å². The molecule has 14 heavy (non-hydrogen) atoms. The average molecular weight is 202 g/mol. The Kier molecular flexibility index (Phi) is 8.20. The van der Waals surface area contributed by atoms with Crippen molar-refractivity contribution in [2.45, 2.75) is 59.0 Å². The Morgan fingerprint density at radius 3 is 2.21 bits per heavy atom. The lowest BCUT2D eigenvalue weighted by Crippen LogP contribution is -2.22. The largest absolute Gasteiger partial charge is 0.396 e. The topological polar surface area (TPSA) is 40.5 Å². The molecule has 0 aromatic rings. The van der Waals surface area contributed by atoms with Crippen molar-refractivity contribution >= 4 is 0 Å². The van der Waals surface area contributed by atoms with Gasteiger partial charge in [0.15, 0.2) is 0 Å². The van der Waals surface area contributed by atoms with Crippen molar-refractivity contribution in [3.8, 4) is 0 Å². The highest BCUT2D eigenvalue weighted by molar-refractivity contribution is 4.70. The first-order valence-electron chi connectivity index (χ1n) is 5.94. The van der Waals surface area contributed by atoms with Gasteiger partial charge >= 0.3 is 0 Å². The van der Waals surface area contributed by atoms with Crippen LogP contribution in [-0.2, 0) is 0 Å². The molecule has 0 radical (unpaired) electrons. The molecule has 0 fully saturated rings. The van der Waals surface area contributed by atoms with E-state index in [1.165, 1.54) is 6.42 Å². The van der Waals surface area contributed by atoms with E-state index in [1.54, 1.807) is 0 Å². The summed E-state index contributed by atoms with van der Waals surface area (Å²) in [5.41, 5.74) is 0. The Balaban J connectivity index is 3.85. The lowest BCUT2D eigenvalue weighted by atomic mass is 9.86. The van der Waals surface area contributed by atoms with Gasteiger partial charge in [0, 0.05) is 6.61 Å². The van der Waals surface area contributed by atoms with Gasteiger partial charge in [-0.1, -0.05) is 33.6 Å². The molecule has 0 bridgehead atoms. The molecule has 0 saturated heterocycles. The zero-order valence-electron chi connectivity index (χ0n) is 9.87. The first-order valence-corrected chi connectivity index (χ1v) is 5.94. The highest BCUT2D eigenvalue weighted by atomic mass is 16.3. The Morgan fingerprint density at radius 1 is 1.14 bits per heavy atom. The number of rotatable bonds is 8. The van der Waals surface area contributed by atoms with Gasteiger partial charge in [-0.2, -0.15) is 0 Å². The zero-order chi connectivity index (χ0) is 11.0. The first kappa shape index (κ1) is 13.9. The monoisotopic (exact) mass is 202 g/mol. The summed E-state index contributed by atoms with van der Waals surface area (Å²) in [5.74, 6) is 1.11. The van der Waals surface area contributed by atoms with Crippen LogP contribution in [0.15, 0.2) is 0 Å². The molecule has 0 saturated carbocycles. The Hall–Kier alpha value is -0.0800. The smallest absolute Gasteiger partial charge is 0.0569 e. The van der Waals surface area contributed by atoms with Crippen molar-refractivity contribution in [2.75, 3.05) is 6.61 Å². The number of aliphatic hydroxyl groups is 2. The summed E-state index contributed by atoms with van der Waals surface area (Å²) in [5, 5.41) is 18.6. The SMILES string of the molecule is CCC(C)CC(CC)C(O)CCCO. The van der Waals surface area contributed by atoms with E-state index in [0.717, 1.165) is 25.7 Å². The number of hydrogen-bond donors (Lipinski definition) is 2. The molecule has 0 amide bonds. The van der Waals surface area contributed by atoms with Gasteiger partial charge in [-0.3, -0.25) is 0 Å². The van der Waals surface area contributed by atoms with Crippen molar-refractivity contribution in [3.05, 3.63) is 0 Å². The molecule has 3 unspecified atom stereocenters. The minimum Gasteiger partial charge on any atom is -0.396 e. The lowest BCUT2D eigenvalue weighted by Gasteiger charge is -2.24. The fraction of sp³-hybridized carbons (Fsp3) is 1.00. The molecule has 0 aliphatic carbocycles. The van der Waals surface area contributed by atoms with Gasteiger partial charge in [-0.15, -0.1) is 0 Å². The van der Waals surface area contributed by atoms with Crippen molar-refractivity contribution in [1.82, 2.24) is 0 Å². The van der Waals surface area contributed by atoms with Crippen molar-refractivity contribution in [3.63, 3.8) is 0 Å². The first-order chi connectivity index (χ1) is 6.65. The molecule has 86 valence electrons.